The normalized spacial score (nSPS) is 25.4. The number of halogens is 3. The fourth-order valence-corrected chi connectivity index (χ4v) is 1.88. The van der Waals surface area contributed by atoms with E-state index in [9.17, 15) is 18.3 Å². The van der Waals surface area contributed by atoms with Crippen molar-refractivity contribution in [3.63, 3.8) is 0 Å². The Kier molecular flexibility index (Phi) is 2.77. The third-order valence-corrected chi connectivity index (χ3v) is 2.85. The zero-order chi connectivity index (χ0) is 12.7. The van der Waals surface area contributed by atoms with Gasteiger partial charge in [-0.05, 0) is 25.5 Å². The zero-order valence-electron chi connectivity index (χ0n) is 9.33. The van der Waals surface area contributed by atoms with E-state index in [-0.39, 0.29) is 0 Å². The Labute approximate surface area is 96.9 Å². The summed E-state index contributed by atoms with van der Waals surface area (Å²) in [6.07, 6.45) is -2.94. The number of aliphatic hydroxyl groups is 1. The first-order valence-electron chi connectivity index (χ1n) is 5.28. The van der Waals surface area contributed by atoms with Gasteiger partial charge in [0.05, 0.1) is 11.2 Å². The molecule has 1 atom stereocenters. The van der Waals surface area contributed by atoms with Gasteiger partial charge in [-0.1, -0.05) is 0 Å². The van der Waals surface area contributed by atoms with Crippen LogP contribution < -0.4 is 4.90 Å². The highest BCUT2D eigenvalue weighted by Crippen LogP contribution is 2.30. The number of aromatic nitrogens is 1. The Morgan fingerprint density at radius 2 is 2.12 bits per heavy atom. The summed E-state index contributed by atoms with van der Waals surface area (Å²) in [6, 6.07) is 2.35. The van der Waals surface area contributed by atoms with Gasteiger partial charge in [0.1, 0.15) is 5.82 Å². The van der Waals surface area contributed by atoms with E-state index in [1.807, 2.05) is 0 Å². The number of hydrogen-bond acceptors (Lipinski definition) is 3. The topological polar surface area (TPSA) is 36.4 Å². The average Bonchev–Trinajstić information content (AvgIpc) is 2.58. The standard InChI is InChI=1S/C11H13F3N2O/c1-10(17)4-5-16(7-10)9-3-2-8(6-15-9)11(12,13)14/h2-3,6,17H,4-5,7H2,1H3. The molecule has 2 rings (SSSR count). The zero-order valence-corrected chi connectivity index (χ0v) is 9.33. The molecule has 1 aliphatic rings. The Balaban J connectivity index is 2.14. The lowest BCUT2D eigenvalue weighted by Gasteiger charge is -2.20. The minimum atomic E-state index is -4.36. The van der Waals surface area contributed by atoms with Crippen LogP contribution in [0.5, 0.6) is 0 Å². The Hall–Kier alpha value is -1.30. The molecule has 1 N–H and O–H groups in total. The number of pyridine rings is 1. The maximum absolute atomic E-state index is 12.3. The summed E-state index contributed by atoms with van der Waals surface area (Å²) < 4.78 is 37.0. The highest BCUT2D eigenvalue weighted by molar-refractivity contribution is 5.41. The molecule has 0 bridgehead atoms. The molecule has 3 nitrogen and oxygen atoms in total. The molecule has 0 aliphatic carbocycles. The van der Waals surface area contributed by atoms with Crippen molar-refractivity contribution in [1.29, 1.82) is 0 Å². The number of β-amino-alcohol motifs (C(OH)–C–C–N with tert-alkyl or cyclic N) is 1. The van der Waals surface area contributed by atoms with E-state index in [1.165, 1.54) is 6.07 Å². The number of nitrogens with zero attached hydrogens (tertiary/aromatic N) is 2. The molecule has 1 aromatic rings. The van der Waals surface area contributed by atoms with Gasteiger partial charge < -0.3 is 10.0 Å². The molecular weight excluding hydrogens is 233 g/mol. The predicted molar refractivity (Wildman–Crippen MR) is 56.7 cm³/mol. The van der Waals surface area contributed by atoms with E-state index in [4.69, 9.17) is 0 Å². The largest absolute Gasteiger partial charge is 0.417 e. The molecule has 0 radical (unpaired) electrons. The van der Waals surface area contributed by atoms with Crippen LogP contribution >= 0.6 is 0 Å². The number of rotatable bonds is 1. The van der Waals surface area contributed by atoms with E-state index in [1.54, 1.807) is 11.8 Å². The molecular formula is C11H13F3N2O. The van der Waals surface area contributed by atoms with Crippen molar-refractivity contribution in [3.8, 4) is 0 Å². The second-order valence-electron chi connectivity index (χ2n) is 4.57. The van der Waals surface area contributed by atoms with Crippen LogP contribution in [-0.4, -0.2) is 28.8 Å². The van der Waals surface area contributed by atoms with Crippen molar-refractivity contribution in [2.45, 2.75) is 25.1 Å². The van der Waals surface area contributed by atoms with Gasteiger partial charge >= 0.3 is 6.18 Å². The third-order valence-electron chi connectivity index (χ3n) is 2.85. The third kappa shape index (κ3) is 2.69. The molecule has 94 valence electrons. The lowest BCUT2D eigenvalue weighted by Crippen LogP contribution is -2.30. The van der Waals surface area contributed by atoms with Gasteiger partial charge in [-0.25, -0.2) is 4.98 Å². The SMILES string of the molecule is CC1(O)CCN(c2ccc(C(F)(F)F)cn2)C1. The quantitative estimate of drug-likeness (QED) is 0.824. The van der Waals surface area contributed by atoms with E-state index in [2.05, 4.69) is 4.98 Å². The minimum Gasteiger partial charge on any atom is -0.388 e. The van der Waals surface area contributed by atoms with Gasteiger partial charge in [-0.3, -0.25) is 0 Å². The van der Waals surface area contributed by atoms with E-state index >= 15 is 0 Å². The highest BCUT2D eigenvalue weighted by atomic mass is 19.4. The summed E-state index contributed by atoms with van der Waals surface area (Å²) >= 11 is 0. The van der Waals surface area contributed by atoms with Crippen LogP contribution in [0.1, 0.15) is 18.9 Å². The molecule has 0 spiro atoms. The maximum Gasteiger partial charge on any atom is 0.417 e. The summed E-state index contributed by atoms with van der Waals surface area (Å²) in [6.45, 7) is 2.70. The molecule has 0 saturated carbocycles. The fourth-order valence-electron chi connectivity index (χ4n) is 1.88. The van der Waals surface area contributed by atoms with Crippen molar-refractivity contribution in [3.05, 3.63) is 23.9 Å². The van der Waals surface area contributed by atoms with E-state index in [0.29, 0.717) is 25.3 Å². The number of anilines is 1. The van der Waals surface area contributed by atoms with Crippen molar-refractivity contribution in [2.75, 3.05) is 18.0 Å². The van der Waals surface area contributed by atoms with Gasteiger partial charge in [0.25, 0.3) is 0 Å². The predicted octanol–water partition coefficient (Wildman–Crippen LogP) is 2.06. The summed E-state index contributed by atoms with van der Waals surface area (Å²) in [5.74, 6) is 0.468. The van der Waals surface area contributed by atoms with Gasteiger partial charge in [-0.15, -0.1) is 0 Å². The Morgan fingerprint density at radius 1 is 1.41 bits per heavy atom. The Morgan fingerprint density at radius 3 is 2.53 bits per heavy atom. The van der Waals surface area contributed by atoms with Crippen LogP contribution in [0.15, 0.2) is 18.3 Å². The molecule has 1 saturated heterocycles. The summed E-state index contributed by atoms with van der Waals surface area (Å²) in [4.78, 5) is 5.57. The summed E-state index contributed by atoms with van der Waals surface area (Å²) in [5.41, 5.74) is -1.54. The molecule has 1 unspecified atom stereocenters. The van der Waals surface area contributed by atoms with Gasteiger partial charge in [0.15, 0.2) is 0 Å². The lowest BCUT2D eigenvalue weighted by atomic mass is 10.1. The smallest absolute Gasteiger partial charge is 0.388 e. The van der Waals surface area contributed by atoms with Gasteiger partial charge in [0.2, 0.25) is 0 Å². The molecule has 0 amide bonds. The molecule has 17 heavy (non-hydrogen) atoms. The molecule has 6 heteroatoms. The minimum absolute atomic E-state index is 0.394. The van der Waals surface area contributed by atoms with Gasteiger partial charge in [0, 0.05) is 19.3 Å². The second-order valence-corrected chi connectivity index (χ2v) is 4.57. The van der Waals surface area contributed by atoms with Crippen LogP contribution in [0, 0.1) is 0 Å². The molecule has 1 fully saturated rings. The summed E-state index contributed by atoms with van der Waals surface area (Å²) in [5, 5.41) is 9.76. The van der Waals surface area contributed by atoms with Crippen LogP contribution in [0.3, 0.4) is 0 Å². The summed E-state index contributed by atoms with van der Waals surface area (Å²) in [7, 11) is 0. The van der Waals surface area contributed by atoms with E-state index in [0.717, 1.165) is 12.3 Å². The van der Waals surface area contributed by atoms with Crippen molar-refractivity contribution in [1.82, 2.24) is 4.98 Å². The van der Waals surface area contributed by atoms with Crippen LogP contribution in [-0.2, 0) is 6.18 Å². The van der Waals surface area contributed by atoms with Crippen LogP contribution in [0.2, 0.25) is 0 Å². The molecule has 1 aliphatic heterocycles. The van der Waals surface area contributed by atoms with Crippen molar-refractivity contribution >= 4 is 5.82 Å². The number of alkyl halides is 3. The Bertz CT molecular complexity index is 400. The monoisotopic (exact) mass is 246 g/mol. The molecule has 2 heterocycles. The maximum atomic E-state index is 12.3. The second kappa shape index (κ2) is 3.87. The van der Waals surface area contributed by atoms with E-state index < -0.39 is 17.3 Å². The van der Waals surface area contributed by atoms with Gasteiger partial charge in [-0.2, -0.15) is 13.2 Å². The van der Waals surface area contributed by atoms with Crippen LogP contribution in [0.4, 0.5) is 19.0 Å². The first-order chi connectivity index (χ1) is 7.78. The molecule has 1 aromatic heterocycles. The fraction of sp³-hybridized carbons (Fsp3) is 0.545. The lowest BCUT2D eigenvalue weighted by molar-refractivity contribution is -0.137. The van der Waals surface area contributed by atoms with Crippen molar-refractivity contribution in [2.24, 2.45) is 0 Å². The highest BCUT2D eigenvalue weighted by Gasteiger charge is 2.33. The average molecular weight is 246 g/mol. The van der Waals surface area contributed by atoms with Crippen molar-refractivity contribution < 1.29 is 18.3 Å². The van der Waals surface area contributed by atoms with Crippen LogP contribution in [0.25, 0.3) is 0 Å². The molecule has 0 aromatic carbocycles. The first kappa shape index (κ1) is 12.2. The number of hydrogen-bond donors (Lipinski definition) is 1. The first-order valence-corrected chi connectivity index (χ1v) is 5.28.